The average Bonchev–Trinajstić information content (AvgIpc) is 3.63. The highest BCUT2D eigenvalue weighted by atomic mass is 16.5. The lowest BCUT2D eigenvalue weighted by atomic mass is 10.1. The lowest BCUT2D eigenvalue weighted by Crippen LogP contribution is -2.32. The Kier molecular flexibility index (Phi) is 8.60. The maximum atomic E-state index is 13.4. The van der Waals surface area contributed by atoms with E-state index in [4.69, 9.17) is 23.7 Å². The second-order valence-corrected chi connectivity index (χ2v) is 12.6. The van der Waals surface area contributed by atoms with Crippen molar-refractivity contribution in [3.8, 4) is 23.0 Å². The molecule has 0 saturated carbocycles. The molecule has 4 aliphatic heterocycles. The number of ether oxygens (including phenoxy) is 5. The van der Waals surface area contributed by atoms with Crippen LogP contribution in [0.4, 0.5) is 11.4 Å². The standard InChI is InChI=1S/C38H36N4O8/c1-21-6-26-15-39-30-13-34(32(46-3)11-28(30)36(43)41(26)17-21)49-19-23-8-24(10-25(9-23)38(45)48-5)20-50-35-14-31-29(12-33(35)47-4)37(44)42-18-22(2)7-27(42)16-40-31/h8-18,26-27H,6-7,19-20H2,1-5H3/t26-,27?/m0/s1. The fraction of sp³-hybridized carbons (Fsp3) is 0.289. The van der Waals surface area contributed by atoms with Gasteiger partial charge in [-0.15, -0.1) is 0 Å². The highest BCUT2D eigenvalue weighted by Crippen LogP contribution is 2.40. The molecule has 0 N–H and O–H groups in total. The van der Waals surface area contributed by atoms with Gasteiger partial charge in [0.1, 0.15) is 13.2 Å². The van der Waals surface area contributed by atoms with Crippen molar-refractivity contribution in [2.45, 2.75) is 52.0 Å². The highest BCUT2D eigenvalue weighted by Gasteiger charge is 2.33. The molecule has 4 aliphatic rings. The van der Waals surface area contributed by atoms with Crippen LogP contribution in [-0.4, -0.2) is 73.4 Å². The molecule has 12 nitrogen and oxygen atoms in total. The zero-order valence-corrected chi connectivity index (χ0v) is 28.4. The van der Waals surface area contributed by atoms with Gasteiger partial charge in [-0.1, -0.05) is 11.1 Å². The highest BCUT2D eigenvalue weighted by molar-refractivity contribution is 6.05. The summed E-state index contributed by atoms with van der Waals surface area (Å²) < 4.78 is 28.6. The van der Waals surface area contributed by atoms with Gasteiger partial charge in [0.25, 0.3) is 11.8 Å². The second kappa shape index (κ2) is 13.2. The largest absolute Gasteiger partial charge is 0.493 e. The van der Waals surface area contributed by atoms with Gasteiger partial charge in [-0.25, -0.2) is 4.79 Å². The average molecular weight is 677 g/mol. The minimum atomic E-state index is -0.520. The molecule has 3 aromatic carbocycles. The topological polar surface area (TPSA) is 129 Å². The smallest absolute Gasteiger partial charge is 0.337 e. The van der Waals surface area contributed by atoms with Crippen LogP contribution in [0.25, 0.3) is 0 Å². The van der Waals surface area contributed by atoms with Crippen molar-refractivity contribution in [1.29, 1.82) is 0 Å². The SMILES string of the molecule is COC(=O)c1cc(COc2cc3c(cc2OC)C(=O)N2C=C(C)CC2C=N3)cc(COc2cc3c(cc2OC)C(=O)N2C=C(C)C[C@H]2C=N3)c1. The van der Waals surface area contributed by atoms with Crippen molar-refractivity contribution in [2.75, 3.05) is 21.3 Å². The van der Waals surface area contributed by atoms with Gasteiger partial charge in [0.15, 0.2) is 23.0 Å². The molecule has 0 aromatic heterocycles. The first-order valence-corrected chi connectivity index (χ1v) is 16.1. The molecule has 0 radical (unpaired) electrons. The van der Waals surface area contributed by atoms with Crippen LogP contribution in [0, 0.1) is 0 Å². The van der Waals surface area contributed by atoms with E-state index in [1.54, 1.807) is 58.6 Å². The number of benzene rings is 3. The molecule has 256 valence electrons. The van der Waals surface area contributed by atoms with Crippen LogP contribution < -0.4 is 18.9 Å². The number of esters is 1. The zero-order chi connectivity index (χ0) is 35.1. The van der Waals surface area contributed by atoms with Crippen molar-refractivity contribution in [3.05, 3.63) is 93.8 Å². The molecule has 3 aromatic rings. The number of methoxy groups -OCH3 is 3. The van der Waals surface area contributed by atoms with Gasteiger partial charge in [-0.3, -0.25) is 19.6 Å². The number of carbonyl (C=O) groups excluding carboxylic acids is 3. The van der Waals surface area contributed by atoms with Gasteiger partial charge in [0.05, 0.1) is 61.5 Å². The fourth-order valence-corrected chi connectivity index (χ4v) is 6.59. The summed E-state index contributed by atoms with van der Waals surface area (Å²) in [6.45, 7) is 4.11. The third-order valence-electron chi connectivity index (χ3n) is 9.02. The molecular formula is C38H36N4O8. The van der Waals surface area contributed by atoms with Crippen LogP contribution in [0.2, 0.25) is 0 Å². The van der Waals surface area contributed by atoms with E-state index in [0.29, 0.717) is 62.2 Å². The first-order valence-electron chi connectivity index (χ1n) is 16.1. The molecule has 0 bridgehead atoms. The predicted octanol–water partition coefficient (Wildman–Crippen LogP) is 6.32. The van der Waals surface area contributed by atoms with Crippen molar-refractivity contribution >= 4 is 41.6 Å². The number of carbonyl (C=O) groups is 3. The minimum absolute atomic E-state index is 0.0614. The van der Waals surface area contributed by atoms with Crippen LogP contribution in [0.5, 0.6) is 23.0 Å². The number of amides is 2. The van der Waals surface area contributed by atoms with Gasteiger partial charge in [0, 0.05) is 37.0 Å². The maximum absolute atomic E-state index is 13.4. The predicted molar refractivity (Wildman–Crippen MR) is 185 cm³/mol. The van der Waals surface area contributed by atoms with E-state index in [-0.39, 0.29) is 37.1 Å². The summed E-state index contributed by atoms with van der Waals surface area (Å²) >= 11 is 0. The van der Waals surface area contributed by atoms with Gasteiger partial charge < -0.3 is 33.5 Å². The lowest BCUT2D eigenvalue weighted by Gasteiger charge is -2.19. The van der Waals surface area contributed by atoms with Gasteiger partial charge >= 0.3 is 5.97 Å². The number of nitrogens with zero attached hydrogens (tertiary/aromatic N) is 4. The van der Waals surface area contributed by atoms with E-state index in [2.05, 4.69) is 9.98 Å². The molecule has 1 unspecified atom stereocenters. The van der Waals surface area contributed by atoms with E-state index < -0.39 is 5.97 Å². The fourth-order valence-electron chi connectivity index (χ4n) is 6.59. The Morgan fingerprint density at radius 2 is 1.14 bits per heavy atom. The summed E-state index contributed by atoms with van der Waals surface area (Å²) in [6.07, 6.45) is 8.75. The molecule has 4 heterocycles. The van der Waals surface area contributed by atoms with Crippen LogP contribution in [-0.2, 0) is 18.0 Å². The third-order valence-corrected chi connectivity index (χ3v) is 9.02. The quantitative estimate of drug-likeness (QED) is 0.241. The van der Waals surface area contributed by atoms with Gasteiger partial charge in [-0.2, -0.15) is 0 Å². The van der Waals surface area contributed by atoms with E-state index in [0.717, 1.165) is 24.0 Å². The first-order chi connectivity index (χ1) is 24.1. The molecule has 2 atom stereocenters. The van der Waals surface area contributed by atoms with Crippen LogP contribution in [0.3, 0.4) is 0 Å². The Labute approximate surface area is 289 Å². The Bertz CT molecular complexity index is 1910. The molecule has 12 heteroatoms. The van der Waals surface area contributed by atoms with Crippen molar-refractivity contribution in [1.82, 2.24) is 9.80 Å². The molecule has 0 saturated heterocycles. The molecule has 0 spiro atoms. The summed E-state index contributed by atoms with van der Waals surface area (Å²) in [5, 5.41) is 0. The monoisotopic (exact) mass is 676 g/mol. The Morgan fingerprint density at radius 1 is 0.680 bits per heavy atom. The van der Waals surface area contributed by atoms with Crippen molar-refractivity contribution in [3.63, 3.8) is 0 Å². The number of rotatable bonds is 9. The van der Waals surface area contributed by atoms with E-state index in [1.807, 2.05) is 32.3 Å². The second-order valence-electron chi connectivity index (χ2n) is 12.6. The Hall–Kier alpha value is -5.91. The summed E-state index contributed by atoms with van der Waals surface area (Å²) in [5.41, 5.74) is 5.67. The number of aliphatic imine (C=N–C) groups is 2. The number of hydrogen-bond donors (Lipinski definition) is 0. The normalized spacial score (nSPS) is 18.7. The summed E-state index contributed by atoms with van der Waals surface area (Å²) in [6, 6.07) is 11.6. The molecule has 7 rings (SSSR count). The van der Waals surface area contributed by atoms with Crippen LogP contribution in [0.15, 0.2) is 76.0 Å². The van der Waals surface area contributed by atoms with Gasteiger partial charge in [0.2, 0.25) is 0 Å². The molecule has 0 fully saturated rings. The number of fused-ring (bicyclic) bond motifs is 4. The van der Waals surface area contributed by atoms with Gasteiger partial charge in [-0.05, 0) is 68.1 Å². The zero-order valence-electron chi connectivity index (χ0n) is 28.4. The summed E-state index contributed by atoms with van der Waals surface area (Å²) in [7, 11) is 4.33. The molecule has 0 aliphatic carbocycles. The van der Waals surface area contributed by atoms with E-state index in [9.17, 15) is 14.4 Å². The summed E-state index contributed by atoms with van der Waals surface area (Å²) in [4.78, 5) is 52.0. The third kappa shape index (κ3) is 6.08. The molecule has 2 amide bonds. The van der Waals surface area contributed by atoms with E-state index in [1.165, 1.54) is 21.3 Å². The Balaban J connectivity index is 1.13. The maximum Gasteiger partial charge on any atom is 0.337 e. The molecule has 50 heavy (non-hydrogen) atoms. The van der Waals surface area contributed by atoms with Crippen LogP contribution >= 0.6 is 0 Å². The minimum Gasteiger partial charge on any atom is -0.493 e. The Morgan fingerprint density at radius 3 is 1.56 bits per heavy atom. The van der Waals surface area contributed by atoms with Crippen LogP contribution in [0.1, 0.15) is 68.9 Å². The first kappa shape index (κ1) is 32.6. The van der Waals surface area contributed by atoms with E-state index >= 15 is 0 Å². The number of hydrogen-bond acceptors (Lipinski definition) is 10. The van der Waals surface area contributed by atoms with Crippen molar-refractivity contribution in [2.24, 2.45) is 9.98 Å². The van der Waals surface area contributed by atoms with Crippen molar-refractivity contribution < 1.29 is 38.1 Å². The summed E-state index contributed by atoms with van der Waals surface area (Å²) in [5.74, 6) is 0.703. The lowest BCUT2D eigenvalue weighted by molar-refractivity contribution is 0.0599. The molecular weight excluding hydrogens is 640 g/mol.